The van der Waals surface area contributed by atoms with Gasteiger partial charge < -0.3 is 9.80 Å². The van der Waals surface area contributed by atoms with Crippen molar-refractivity contribution in [2.45, 2.75) is 18.9 Å². The van der Waals surface area contributed by atoms with Crippen molar-refractivity contribution in [2.24, 2.45) is 0 Å². The lowest BCUT2D eigenvalue weighted by Gasteiger charge is -2.37. The molecule has 0 aromatic heterocycles. The molecule has 0 amide bonds. The van der Waals surface area contributed by atoms with Crippen LogP contribution in [0.25, 0.3) is 0 Å². The Labute approximate surface area is 124 Å². The second kappa shape index (κ2) is 6.66. The Morgan fingerprint density at radius 1 is 1.40 bits per heavy atom. The van der Waals surface area contributed by atoms with Gasteiger partial charge in [-0.2, -0.15) is 0 Å². The summed E-state index contributed by atoms with van der Waals surface area (Å²) in [5, 5.41) is 0.354. The number of benzene rings is 1. The summed E-state index contributed by atoms with van der Waals surface area (Å²) >= 11 is 5.71. The monoisotopic (exact) mass is 298 g/mol. The number of carbonyl (C=O) groups is 1. The Hall–Kier alpha value is -0.970. The number of carbonyl (C=O) groups excluding carboxylic acids is 1. The SMILES string of the molecule is CN1CCN(C)C(CC(=O)Cc2ccc(Cl)cc2F)C1. The maximum Gasteiger partial charge on any atom is 0.138 e. The van der Waals surface area contributed by atoms with Crippen molar-refractivity contribution in [3.8, 4) is 0 Å². The number of likely N-dealkylation sites (N-methyl/N-ethyl adjacent to an activating group) is 2. The molecule has 0 saturated carbocycles. The number of rotatable bonds is 4. The van der Waals surface area contributed by atoms with Crippen LogP contribution in [0.5, 0.6) is 0 Å². The quantitative estimate of drug-likeness (QED) is 0.852. The molecule has 1 fully saturated rings. The number of nitrogens with zero attached hydrogens (tertiary/aromatic N) is 2. The average molecular weight is 299 g/mol. The van der Waals surface area contributed by atoms with E-state index in [0.29, 0.717) is 17.0 Å². The Kier molecular flexibility index (Phi) is 5.13. The molecular formula is C15H20ClFN2O. The van der Waals surface area contributed by atoms with E-state index in [1.165, 1.54) is 6.07 Å². The molecular weight excluding hydrogens is 279 g/mol. The number of hydrogen-bond acceptors (Lipinski definition) is 3. The predicted octanol–water partition coefficient (Wildman–Crippen LogP) is 2.23. The first-order valence-corrected chi connectivity index (χ1v) is 7.18. The minimum Gasteiger partial charge on any atom is -0.304 e. The molecule has 2 rings (SSSR count). The minimum atomic E-state index is -0.403. The highest BCUT2D eigenvalue weighted by atomic mass is 35.5. The lowest BCUT2D eigenvalue weighted by atomic mass is 10.0. The van der Waals surface area contributed by atoms with Gasteiger partial charge in [0.2, 0.25) is 0 Å². The fourth-order valence-corrected chi connectivity index (χ4v) is 2.69. The van der Waals surface area contributed by atoms with Crippen molar-refractivity contribution in [3.63, 3.8) is 0 Å². The first kappa shape index (κ1) is 15.4. The molecule has 0 radical (unpaired) electrons. The third-order valence-electron chi connectivity index (χ3n) is 3.85. The maximum absolute atomic E-state index is 13.7. The van der Waals surface area contributed by atoms with Gasteiger partial charge in [0.15, 0.2) is 0 Å². The second-order valence-corrected chi connectivity index (χ2v) is 5.99. The summed E-state index contributed by atoms with van der Waals surface area (Å²) in [6.07, 6.45) is 0.597. The number of hydrogen-bond donors (Lipinski definition) is 0. The summed E-state index contributed by atoms with van der Waals surface area (Å²) in [6.45, 7) is 2.86. The second-order valence-electron chi connectivity index (χ2n) is 5.55. The van der Waals surface area contributed by atoms with Crippen LogP contribution in [-0.4, -0.2) is 55.4 Å². The Balaban J connectivity index is 1.94. The van der Waals surface area contributed by atoms with E-state index in [1.54, 1.807) is 12.1 Å². The number of ketones is 1. The van der Waals surface area contributed by atoms with Crippen LogP contribution in [0.3, 0.4) is 0 Å². The lowest BCUT2D eigenvalue weighted by molar-refractivity contribution is -0.120. The Morgan fingerprint density at radius 3 is 2.85 bits per heavy atom. The van der Waals surface area contributed by atoms with Crippen LogP contribution in [0.2, 0.25) is 5.02 Å². The Bertz CT molecular complexity index is 495. The first-order chi connectivity index (χ1) is 9.45. The molecule has 110 valence electrons. The van der Waals surface area contributed by atoms with Crippen molar-refractivity contribution >= 4 is 17.4 Å². The molecule has 20 heavy (non-hydrogen) atoms. The molecule has 0 spiro atoms. The Morgan fingerprint density at radius 2 is 2.15 bits per heavy atom. The van der Waals surface area contributed by atoms with Crippen molar-refractivity contribution in [3.05, 3.63) is 34.6 Å². The van der Waals surface area contributed by atoms with Gasteiger partial charge in [0.25, 0.3) is 0 Å². The highest BCUT2D eigenvalue weighted by Crippen LogP contribution is 2.17. The van der Waals surface area contributed by atoms with Crippen molar-refractivity contribution in [2.75, 3.05) is 33.7 Å². The molecule has 1 atom stereocenters. The zero-order valence-corrected chi connectivity index (χ0v) is 12.7. The van der Waals surface area contributed by atoms with Gasteiger partial charge in [0, 0.05) is 43.5 Å². The average Bonchev–Trinajstić information content (AvgIpc) is 2.37. The highest BCUT2D eigenvalue weighted by Gasteiger charge is 2.24. The van der Waals surface area contributed by atoms with Gasteiger partial charge in [0.05, 0.1) is 0 Å². The highest BCUT2D eigenvalue weighted by molar-refractivity contribution is 6.30. The molecule has 3 nitrogen and oxygen atoms in total. The maximum atomic E-state index is 13.7. The van der Waals surface area contributed by atoms with Crippen LogP contribution in [-0.2, 0) is 11.2 Å². The van der Waals surface area contributed by atoms with E-state index in [9.17, 15) is 9.18 Å². The van der Waals surface area contributed by atoms with Crippen molar-refractivity contribution in [1.82, 2.24) is 9.80 Å². The van der Waals surface area contributed by atoms with Crippen LogP contribution in [0.15, 0.2) is 18.2 Å². The van der Waals surface area contributed by atoms with Crippen LogP contribution >= 0.6 is 11.6 Å². The van der Waals surface area contributed by atoms with Crippen LogP contribution < -0.4 is 0 Å². The number of halogens is 2. The van der Waals surface area contributed by atoms with Gasteiger partial charge in [-0.3, -0.25) is 4.79 Å². The molecule has 1 aromatic carbocycles. The molecule has 1 aliphatic heterocycles. The van der Waals surface area contributed by atoms with Gasteiger partial charge in [-0.05, 0) is 31.8 Å². The van der Waals surface area contributed by atoms with E-state index >= 15 is 0 Å². The summed E-state index contributed by atoms with van der Waals surface area (Å²) < 4.78 is 13.7. The lowest BCUT2D eigenvalue weighted by Crippen LogP contribution is -2.50. The number of piperazine rings is 1. The molecule has 0 aliphatic carbocycles. The molecule has 1 heterocycles. The van der Waals surface area contributed by atoms with Gasteiger partial charge in [0.1, 0.15) is 11.6 Å². The smallest absolute Gasteiger partial charge is 0.138 e. The zero-order valence-electron chi connectivity index (χ0n) is 11.9. The molecule has 0 bridgehead atoms. The van der Waals surface area contributed by atoms with Crippen molar-refractivity contribution in [1.29, 1.82) is 0 Å². The predicted molar refractivity (Wildman–Crippen MR) is 78.7 cm³/mol. The van der Waals surface area contributed by atoms with Gasteiger partial charge in [-0.15, -0.1) is 0 Å². The molecule has 0 N–H and O–H groups in total. The van der Waals surface area contributed by atoms with Crippen LogP contribution in [0.4, 0.5) is 4.39 Å². The fraction of sp³-hybridized carbons (Fsp3) is 0.533. The molecule has 5 heteroatoms. The molecule has 1 saturated heterocycles. The van der Waals surface area contributed by atoms with Gasteiger partial charge >= 0.3 is 0 Å². The van der Waals surface area contributed by atoms with E-state index < -0.39 is 5.82 Å². The third-order valence-corrected chi connectivity index (χ3v) is 4.08. The van der Waals surface area contributed by atoms with E-state index in [0.717, 1.165) is 19.6 Å². The fourth-order valence-electron chi connectivity index (χ4n) is 2.53. The number of Topliss-reactive ketones (excluding diaryl/α,β-unsaturated/α-hetero) is 1. The zero-order chi connectivity index (χ0) is 14.7. The summed E-state index contributed by atoms with van der Waals surface area (Å²) in [6, 6.07) is 4.68. The molecule has 1 aromatic rings. The first-order valence-electron chi connectivity index (χ1n) is 6.80. The summed E-state index contributed by atoms with van der Waals surface area (Å²) in [5.41, 5.74) is 0.422. The van der Waals surface area contributed by atoms with E-state index in [1.807, 2.05) is 7.05 Å². The normalized spacial score (nSPS) is 21.1. The van der Waals surface area contributed by atoms with Gasteiger partial charge in [-0.25, -0.2) is 4.39 Å². The van der Waals surface area contributed by atoms with Gasteiger partial charge in [-0.1, -0.05) is 17.7 Å². The summed E-state index contributed by atoms with van der Waals surface area (Å²) in [5.74, 6) is -0.335. The van der Waals surface area contributed by atoms with Crippen LogP contribution in [0.1, 0.15) is 12.0 Å². The van der Waals surface area contributed by atoms with E-state index in [2.05, 4.69) is 16.8 Å². The third kappa shape index (κ3) is 4.01. The largest absolute Gasteiger partial charge is 0.304 e. The standard InChI is InChI=1S/C15H20ClFN2O/c1-18-5-6-19(2)13(10-18)9-14(20)7-11-3-4-12(16)8-15(11)17/h3-4,8,13H,5-7,9-10H2,1-2H3. The van der Waals surface area contributed by atoms with Crippen molar-refractivity contribution < 1.29 is 9.18 Å². The molecule has 1 aliphatic rings. The summed E-state index contributed by atoms with van der Waals surface area (Å²) in [7, 11) is 4.09. The molecule has 1 unspecified atom stereocenters. The summed E-state index contributed by atoms with van der Waals surface area (Å²) in [4.78, 5) is 16.6. The van der Waals surface area contributed by atoms with Crippen LogP contribution in [0, 0.1) is 5.82 Å². The minimum absolute atomic E-state index is 0.0679. The topological polar surface area (TPSA) is 23.6 Å². The van der Waals surface area contributed by atoms with E-state index in [-0.39, 0.29) is 18.2 Å². The van der Waals surface area contributed by atoms with E-state index in [4.69, 9.17) is 11.6 Å².